The average molecular weight is 261 g/mol. The molecular formula is C14H16FN3O. The van der Waals surface area contributed by atoms with Crippen LogP contribution in [0.5, 0.6) is 0 Å². The molecule has 1 aromatic carbocycles. The topological polar surface area (TPSA) is 55.3 Å². The van der Waals surface area contributed by atoms with Crippen LogP contribution >= 0.6 is 0 Å². The van der Waals surface area contributed by atoms with E-state index >= 15 is 0 Å². The highest BCUT2D eigenvalue weighted by atomic mass is 19.1. The molecule has 2 heterocycles. The van der Waals surface area contributed by atoms with E-state index in [1.165, 1.54) is 18.9 Å². The zero-order chi connectivity index (χ0) is 13.2. The molecule has 0 bridgehead atoms. The Balaban J connectivity index is 1.81. The Morgan fingerprint density at radius 1 is 1.26 bits per heavy atom. The predicted molar refractivity (Wildman–Crippen MR) is 70.8 cm³/mol. The van der Waals surface area contributed by atoms with Gasteiger partial charge >= 0.3 is 0 Å². The van der Waals surface area contributed by atoms with Gasteiger partial charge in [-0.1, -0.05) is 17.3 Å². The van der Waals surface area contributed by atoms with E-state index in [0.717, 1.165) is 18.7 Å². The smallest absolute Gasteiger partial charge is 0.222 e. The minimum Gasteiger partial charge on any atom is -0.368 e. The molecule has 1 aliphatic rings. The predicted octanol–water partition coefficient (Wildman–Crippen LogP) is 2.66. The van der Waals surface area contributed by atoms with E-state index in [0.29, 0.717) is 17.8 Å². The summed E-state index contributed by atoms with van der Waals surface area (Å²) in [5.41, 5.74) is 7.43. The summed E-state index contributed by atoms with van der Waals surface area (Å²) >= 11 is 0. The summed E-state index contributed by atoms with van der Waals surface area (Å²) in [6.07, 6.45) is 2.41. The Kier molecular flexibility index (Phi) is 3.21. The molecule has 0 aliphatic carbocycles. The van der Waals surface area contributed by atoms with E-state index in [4.69, 9.17) is 10.3 Å². The average Bonchev–Trinajstić information content (AvgIpc) is 3.03. The number of likely N-dealkylation sites (tertiary alicyclic amines) is 1. The monoisotopic (exact) mass is 261 g/mol. The van der Waals surface area contributed by atoms with Gasteiger partial charge in [0.1, 0.15) is 11.5 Å². The quantitative estimate of drug-likeness (QED) is 0.922. The zero-order valence-corrected chi connectivity index (χ0v) is 10.6. The van der Waals surface area contributed by atoms with Crippen LogP contribution in [0.3, 0.4) is 0 Å². The fourth-order valence-electron chi connectivity index (χ4n) is 2.44. The lowest BCUT2D eigenvalue weighted by atomic mass is 10.1. The Bertz CT molecular complexity index is 576. The molecule has 0 saturated carbocycles. The van der Waals surface area contributed by atoms with Gasteiger partial charge in [0.15, 0.2) is 0 Å². The summed E-state index contributed by atoms with van der Waals surface area (Å²) in [5, 5.41) is 3.78. The number of aromatic nitrogens is 1. The maximum Gasteiger partial charge on any atom is 0.222 e. The number of nitrogen functional groups attached to an aromatic ring is 1. The number of hydrogen-bond donors (Lipinski definition) is 1. The summed E-state index contributed by atoms with van der Waals surface area (Å²) in [7, 11) is 0. The first-order valence-corrected chi connectivity index (χ1v) is 6.46. The van der Waals surface area contributed by atoms with Crippen LogP contribution < -0.4 is 5.73 Å². The Hall–Kier alpha value is -1.88. The lowest BCUT2D eigenvalue weighted by Crippen LogP contribution is -2.19. The zero-order valence-electron chi connectivity index (χ0n) is 10.6. The number of rotatable bonds is 3. The van der Waals surface area contributed by atoms with Crippen LogP contribution in [0.2, 0.25) is 0 Å². The summed E-state index contributed by atoms with van der Waals surface area (Å²) in [5.74, 6) is 0.0301. The molecule has 2 N–H and O–H groups in total. The van der Waals surface area contributed by atoms with Gasteiger partial charge in [-0.3, -0.25) is 4.90 Å². The van der Waals surface area contributed by atoms with Crippen LogP contribution in [0.15, 0.2) is 28.8 Å². The largest absolute Gasteiger partial charge is 0.368 e. The van der Waals surface area contributed by atoms with Gasteiger partial charge in [0.25, 0.3) is 0 Å². The maximum atomic E-state index is 14.1. The van der Waals surface area contributed by atoms with Crippen molar-refractivity contribution in [1.29, 1.82) is 0 Å². The van der Waals surface area contributed by atoms with E-state index in [2.05, 4.69) is 10.1 Å². The molecule has 0 spiro atoms. The third kappa shape index (κ3) is 2.61. The fourth-order valence-corrected chi connectivity index (χ4v) is 2.44. The third-order valence-corrected chi connectivity index (χ3v) is 3.47. The molecule has 5 heteroatoms. The Labute approximate surface area is 111 Å². The van der Waals surface area contributed by atoms with Crippen molar-refractivity contribution >= 4 is 5.88 Å². The lowest BCUT2D eigenvalue weighted by Gasteiger charge is -2.15. The second-order valence-corrected chi connectivity index (χ2v) is 4.90. The highest BCUT2D eigenvalue weighted by molar-refractivity contribution is 5.61. The van der Waals surface area contributed by atoms with Gasteiger partial charge in [-0.2, -0.15) is 0 Å². The van der Waals surface area contributed by atoms with Crippen LogP contribution in [0.1, 0.15) is 18.4 Å². The molecule has 0 amide bonds. The van der Waals surface area contributed by atoms with Crippen LogP contribution in [-0.2, 0) is 6.54 Å². The maximum absolute atomic E-state index is 14.1. The van der Waals surface area contributed by atoms with Gasteiger partial charge in [0.05, 0.1) is 0 Å². The van der Waals surface area contributed by atoms with Crippen LogP contribution in [0.4, 0.5) is 10.3 Å². The van der Waals surface area contributed by atoms with Crippen molar-refractivity contribution in [3.63, 3.8) is 0 Å². The number of benzene rings is 1. The molecule has 0 unspecified atom stereocenters. The number of nitrogens with two attached hydrogens (primary N) is 1. The standard InChI is InChI=1S/C14H16FN3O/c15-12-7-10(13-8-14(16)19-17-13)3-4-11(12)9-18-5-1-2-6-18/h3-4,7-8H,1-2,5-6,9,16H2. The molecule has 2 aromatic rings. The molecule has 19 heavy (non-hydrogen) atoms. The van der Waals surface area contributed by atoms with Crippen molar-refractivity contribution in [1.82, 2.24) is 10.1 Å². The number of anilines is 1. The van der Waals surface area contributed by atoms with E-state index in [9.17, 15) is 4.39 Å². The van der Waals surface area contributed by atoms with Crippen LogP contribution in [0.25, 0.3) is 11.3 Å². The van der Waals surface area contributed by atoms with Crippen molar-refractivity contribution in [2.45, 2.75) is 19.4 Å². The summed E-state index contributed by atoms with van der Waals surface area (Å²) in [6, 6.07) is 6.75. The molecule has 1 saturated heterocycles. The second kappa shape index (κ2) is 5.01. The van der Waals surface area contributed by atoms with Crippen molar-refractivity contribution in [3.05, 3.63) is 35.6 Å². The van der Waals surface area contributed by atoms with Crippen molar-refractivity contribution < 1.29 is 8.91 Å². The summed E-state index contributed by atoms with van der Waals surface area (Å²) in [6.45, 7) is 2.79. The highest BCUT2D eigenvalue weighted by Crippen LogP contribution is 2.23. The first-order valence-electron chi connectivity index (χ1n) is 6.46. The first kappa shape index (κ1) is 12.2. The molecule has 3 rings (SSSR count). The molecule has 4 nitrogen and oxygen atoms in total. The van der Waals surface area contributed by atoms with E-state index in [-0.39, 0.29) is 11.7 Å². The summed E-state index contributed by atoms with van der Waals surface area (Å²) in [4.78, 5) is 2.27. The van der Waals surface area contributed by atoms with Gasteiger partial charge < -0.3 is 10.3 Å². The molecule has 1 aromatic heterocycles. The van der Waals surface area contributed by atoms with Crippen molar-refractivity contribution in [2.75, 3.05) is 18.8 Å². The number of hydrogen-bond acceptors (Lipinski definition) is 4. The molecule has 100 valence electrons. The fraction of sp³-hybridized carbons (Fsp3) is 0.357. The minimum atomic E-state index is -0.203. The van der Waals surface area contributed by atoms with Gasteiger partial charge in [0.2, 0.25) is 5.88 Å². The molecular weight excluding hydrogens is 245 g/mol. The van der Waals surface area contributed by atoms with Gasteiger partial charge in [-0.05, 0) is 32.0 Å². The van der Waals surface area contributed by atoms with Gasteiger partial charge in [-0.25, -0.2) is 4.39 Å². The molecule has 1 fully saturated rings. The van der Waals surface area contributed by atoms with Gasteiger partial charge in [0, 0.05) is 23.7 Å². The van der Waals surface area contributed by atoms with Crippen LogP contribution in [-0.4, -0.2) is 23.1 Å². The molecule has 1 aliphatic heterocycles. The van der Waals surface area contributed by atoms with E-state index in [1.54, 1.807) is 6.07 Å². The number of halogens is 1. The number of nitrogens with zero attached hydrogens (tertiary/aromatic N) is 2. The van der Waals surface area contributed by atoms with Crippen molar-refractivity contribution in [3.8, 4) is 11.3 Å². The first-order chi connectivity index (χ1) is 9.22. The second-order valence-electron chi connectivity index (χ2n) is 4.90. The minimum absolute atomic E-state index is 0.203. The normalized spacial score (nSPS) is 16.1. The molecule has 0 atom stereocenters. The molecule has 0 radical (unpaired) electrons. The van der Waals surface area contributed by atoms with Crippen LogP contribution in [0, 0.1) is 5.82 Å². The Morgan fingerprint density at radius 2 is 2.05 bits per heavy atom. The Morgan fingerprint density at radius 3 is 2.68 bits per heavy atom. The SMILES string of the molecule is Nc1cc(-c2ccc(CN3CCCC3)c(F)c2)no1. The highest BCUT2D eigenvalue weighted by Gasteiger charge is 2.15. The third-order valence-electron chi connectivity index (χ3n) is 3.47. The lowest BCUT2D eigenvalue weighted by molar-refractivity contribution is 0.325. The van der Waals surface area contributed by atoms with E-state index in [1.807, 2.05) is 12.1 Å². The van der Waals surface area contributed by atoms with Crippen molar-refractivity contribution in [2.24, 2.45) is 0 Å². The summed E-state index contributed by atoms with van der Waals surface area (Å²) < 4.78 is 18.9. The van der Waals surface area contributed by atoms with E-state index < -0.39 is 0 Å². The van der Waals surface area contributed by atoms with Gasteiger partial charge in [-0.15, -0.1) is 0 Å².